The van der Waals surface area contributed by atoms with Gasteiger partial charge in [-0.05, 0) is 32.7 Å². The molecule has 4 nitrogen and oxygen atoms in total. The van der Waals surface area contributed by atoms with Gasteiger partial charge in [0.1, 0.15) is 5.82 Å². The Labute approximate surface area is 123 Å². The molecule has 1 aromatic rings. The van der Waals surface area contributed by atoms with E-state index >= 15 is 0 Å². The minimum absolute atomic E-state index is 0.751. The number of anilines is 1. The van der Waals surface area contributed by atoms with Crippen molar-refractivity contribution in [1.82, 2.24) is 14.7 Å². The van der Waals surface area contributed by atoms with Gasteiger partial charge in [0, 0.05) is 43.6 Å². The smallest absolute Gasteiger partial charge is 0.130 e. The molecule has 1 unspecified atom stereocenters. The minimum Gasteiger partial charge on any atom is -0.355 e. The molecule has 3 rings (SSSR count). The lowest BCUT2D eigenvalue weighted by Gasteiger charge is -2.28. The highest BCUT2D eigenvalue weighted by Crippen LogP contribution is 2.29. The summed E-state index contributed by atoms with van der Waals surface area (Å²) in [5.41, 5.74) is 2.51. The summed E-state index contributed by atoms with van der Waals surface area (Å²) in [6.45, 7) is 7.00. The first kappa shape index (κ1) is 13.4. The summed E-state index contributed by atoms with van der Waals surface area (Å²) in [7, 11) is 2.08. The predicted octanol–water partition coefficient (Wildman–Crippen LogP) is 2.30. The van der Waals surface area contributed by atoms with Gasteiger partial charge < -0.3 is 4.90 Å². The Balaban J connectivity index is 1.88. The molecule has 1 aromatic heterocycles. The highest BCUT2D eigenvalue weighted by molar-refractivity contribution is 9.08. The molecule has 19 heavy (non-hydrogen) atoms. The van der Waals surface area contributed by atoms with Gasteiger partial charge in [-0.3, -0.25) is 9.58 Å². The van der Waals surface area contributed by atoms with Crippen LogP contribution in [-0.2, 0) is 12.4 Å². The molecule has 0 aliphatic carbocycles. The molecular formula is C14H23BrN4. The third kappa shape index (κ3) is 2.42. The molecule has 0 bridgehead atoms. The minimum atomic E-state index is 0.751. The molecule has 2 aliphatic heterocycles. The van der Waals surface area contributed by atoms with E-state index in [1.165, 1.54) is 50.3 Å². The van der Waals surface area contributed by atoms with E-state index in [4.69, 9.17) is 0 Å². The van der Waals surface area contributed by atoms with Crippen LogP contribution in [0.1, 0.15) is 30.5 Å². The van der Waals surface area contributed by atoms with E-state index in [-0.39, 0.29) is 0 Å². The van der Waals surface area contributed by atoms with Gasteiger partial charge in [0.05, 0.1) is 5.69 Å². The normalized spacial score (nSPS) is 24.6. The third-order valence-corrected chi connectivity index (χ3v) is 5.11. The number of fused-ring (bicyclic) bond motifs is 1. The zero-order valence-electron chi connectivity index (χ0n) is 11.9. The van der Waals surface area contributed by atoms with Crippen LogP contribution in [-0.4, -0.2) is 46.9 Å². The highest BCUT2D eigenvalue weighted by atomic mass is 79.9. The van der Waals surface area contributed by atoms with E-state index in [1.807, 2.05) is 0 Å². The summed E-state index contributed by atoms with van der Waals surface area (Å²) >= 11 is 3.62. The van der Waals surface area contributed by atoms with Crippen molar-refractivity contribution in [2.75, 3.05) is 31.1 Å². The summed E-state index contributed by atoms with van der Waals surface area (Å²) in [6, 6.07) is 0.751. The molecular weight excluding hydrogens is 304 g/mol. The number of aryl methyl sites for hydroxylation is 2. The van der Waals surface area contributed by atoms with Gasteiger partial charge in [0.15, 0.2) is 0 Å². The standard InChI is InChI=1S/C14H23BrN4/c1-11-13(9-15)14(17(2)16-11)19-8-4-7-18-6-3-5-12(18)10-19/h12H,3-10H2,1-2H3. The fraction of sp³-hybridized carbons (Fsp3) is 0.786. The zero-order valence-corrected chi connectivity index (χ0v) is 13.5. The fourth-order valence-electron chi connectivity index (χ4n) is 3.64. The molecule has 2 saturated heterocycles. The van der Waals surface area contributed by atoms with E-state index in [9.17, 15) is 0 Å². The average Bonchev–Trinajstić information content (AvgIpc) is 2.87. The molecule has 1 atom stereocenters. The number of aromatic nitrogens is 2. The molecule has 2 fully saturated rings. The first-order valence-electron chi connectivity index (χ1n) is 7.28. The Morgan fingerprint density at radius 1 is 1.26 bits per heavy atom. The number of alkyl halides is 1. The molecule has 106 valence electrons. The van der Waals surface area contributed by atoms with E-state index in [0.717, 1.165) is 23.6 Å². The van der Waals surface area contributed by atoms with E-state index < -0.39 is 0 Å². The van der Waals surface area contributed by atoms with Gasteiger partial charge >= 0.3 is 0 Å². The van der Waals surface area contributed by atoms with E-state index in [1.54, 1.807) is 0 Å². The number of nitrogens with zero attached hydrogens (tertiary/aromatic N) is 4. The van der Waals surface area contributed by atoms with Crippen molar-refractivity contribution in [3.05, 3.63) is 11.3 Å². The number of halogens is 1. The second-order valence-corrected chi connectivity index (χ2v) is 6.34. The zero-order chi connectivity index (χ0) is 13.4. The summed E-state index contributed by atoms with van der Waals surface area (Å²) in [6.07, 6.45) is 3.99. The van der Waals surface area contributed by atoms with Crippen LogP contribution in [0.25, 0.3) is 0 Å². The van der Waals surface area contributed by atoms with Crippen molar-refractivity contribution in [2.45, 2.75) is 37.6 Å². The van der Waals surface area contributed by atoms with Gasteiger partial charge in [-0.2, -0.15) is 5.10 Å². The maximum Gasteiger partial charge on any atom is 0.130 e. The summed E-state index contributed by atoms with van der Waals surface area (Å²) in [5.74, 6) is 1.32. The summed E-state index contributed by atoms with van der Waals surface area (Å²) in [5, 5.41) is 5.50. The van der Waals surface area contributed by atoms with Crippen molar-refractivity contribution in [2.24, 2.45) is 7.05 Å². The molecule has 2 aliphatic rings. The van der Waals surface area contributed by atoms with Gasteiger partial charge in [0.25, 0.3) is 0 Å². The number of hydrogen-bond donors (Lipinski definition) is 0. The topological polar surface area (TPSA) is 24.3 Å². The lowest BCUT2D eigenvalue weighted by atomic mass is 10.2. The van der Waals surface area contributed by atoms with Crippen LogP contribution in [0.4, 0.5) is 5.82 Å². The van der Waals surface area contributed by atoms with Crippen LogP contribution in [0.15, 0.2) is 0 Å². The van der Waals surface area contributed by atoms with Gasteiger partial charge in [-0.25, -0.2) is 0 Å². The predicted molar refractivity (Wildman–Crippen MR) is 82.0 cm³/mol. The maximum atomic E-state index is 4.60. The molecule has 0 spiro atoms. The first-order chi connectivity index (χ1) is 9.20. The molecule has 0 radical (unpaired) electrons. The largest absolute Gasteiger partial charge is 0.355 e. The van der Waals surface area contributed by atoms with Gasteiger partial charge in [0.2, 0.25) is 0 Å². The molecule has 0 N–H and O–H groups in total. The quantitative estimate of drug-likeness (QED) is 0.779. The van der Waals surface area contributed by atoms with Gasteiger partial charge in [-0.1, -0.05) is 15.9 Å². The second kappa shape index (κ2) is 5.44. The maximum absolute atomic E-state index is 4.60. The lowest BCUT2D eigenvalue weighted by molar-refractivity contribution is 0.273. The van der Waals surface area contributed by atoms with Crippen LogP contribution < -0.4 is 4.90 Å². The Morgan fingerprint density at radius 3 is 2.84 bits per heavy atom. The average molecular weight is 327 g/mol. The highest BCUT2D eigenvalue weighted by Gasteiger charge is 2.30. The second-order valence-electron chi connectivity index (χ2n) is 5.78. The number of hydrogen-bond acceptors (Lipinski definition) is 3. The van der Waals surface area contributed by atoms with Crippen LogP contribution in [0.2, 0.25) is 0 Å². The monoisotopic (exact) mass is 326 g/mol. The van der Waals surface area contributed by atoms with Crippen LogP contribution >= 0.6 is 15.9 Å². The Morgan fingerprint density at radius 2 is 2.05 bits per heavy atom. The summed E-state index contributed by atoms with van der Waals surface area (Å²) in [4.78, 5) is 5.24. The molecule has 0 amide bonds. The summed E-state index contributed by atoms with van der Waals surface area (Å²) < 4.78 is 2.07. The molecule has 5 heteroatoms. The van der Waals surface area contributed by atoms with E-state index in [2.05, 4.69) is 49.5 Å². The molecule has 0 saturated carbocycles. The molecule has 0 aromatic carbocycles. The van der Waals surface area contributed by atoms with Crippen molar-refractivity contribution in [1.29, 1.82) is 0 Å². The Hall–Kier alpha value is -0.550. The third-order valence-electron chi connectivity index (χ3n) is 4.55. The fourth-order valence-corrected chi connectivity index (χ4v) is 4.30. The van der Waals surface area contributed by atoms with Crippen molar-refractivity contribution < 1.29 is 0 Å². The van der Waals surface area contributed by atoms with Crippen LogP contribution in [0.3, 0.4) is 0 Å². The lowest BCUT2D eigenvalue weighted by Crippen LogP contribution is -2.37. The van der Waals surface area contributed by atoms with Crippen molar-refractivity contribution in [3.63, 3.8) is 0 Å². The van der Waals surface area contributed by atoms with Crippen LogP contribution in [0, 0.1) is 6.92 Å². The number of rotatable bonds is 2. The van der Waals surface area contributed by atoms with Gasteiger partial charge in [-0.15, -0.1) is 0 Å². The Bertz CT molecular complexity index is 457. The molecule has 3 heterocycles. The van der Waals surface area contributed by atoms with Crippen molar-refractivity contribution >= 4 is 21.7 Å². The van der Waals surface area contributed by atoms with Crippen LogP contribution in [0.5, 0.6) is 0 Å². The first-order valence-corrected chi connectivity index (χ1v) is 8.40. The SMILES string of the molecule is Cc1nn(C)c(N2CCCN3CCCC3C2)c1CBr. The van der Waals surface area contributed by atoms with Crippen molar-refractivity contribution in [3.8, 4) is 0 Å². The van der Waals surface area contributed by atoms with E-state index in [0.29, 0.717) is 0 Å². The Kier molecular flexibility index (Phi) is 3.85.